The molecule has 0 radical (unpaired) electrons. The molecule has 0 aliphatic carbocycles. The van der Waals surface area contributed by atoms with Crippen LogP contribution < -0.4 is 0 Å². The Morgan fingerprint density at radius 3 is 1.13 bits per heavy atom. The number of hydrogen-bond acceptors (Lipinski definition) is 4. The van der Waals surface area contributed by atoms with Gasteiger partial charge in [-0.2, -0.15) is 0 Å². The first-order valence-electron chi connectivity index (χ1n) is 9.72. The normalized spacial score (nSPS) is 41.2. The Morgan fingerprint density at radius 1 is 0.522 bits per heavy atom. The van der Waals surface area contributed by atoms with Gasteiger partial charge in [-0.3, -0.25) is 19.6 Å². The fourth-order valence-electron chi connectivity index (χ4n) is 4.61. The molecule has 0 spiro atoms. The summed E-state index contributed by atoms with van der Waals surface area (Å²) in [6, 6.07) is 2.72. The van der Waals surface area contributed by atoms with Crippen molar-refractivity contribution in [3.05, 3.63) is 0 Å². The number of hydrogen-bond donors (Lipinski definition) is 0. The van der Waals surface area contributed by atoms with Crippen LogP contribution in [0.1, 0.15) is 60.8 Å². The summed E-state index contributed by atoms with van der Waals surface area (Å²) in [6.07, 6.45) is 5.19. The highest BCUT2D eigenvalue weighted by atomic mass is 15.4. The van der Waals surface area contributed by atoms with E-state index in [2.05, 4.69) is 75.2 Å². The van der Waals surface area contributed by atoms with Crippen molar-refractivity contribution in [3.8, 4) is 0 Å². The molecule has 4 heteroatoms. The Morgan fingerprint density at radius 2 is 0.870 bits per heavy atom. The van der Waals surface area contributed by atoms with Crippen LogP contribution in [0, 0.1) is 0 Å². The van der Waals surface area contributed by atoms with Crippen LogP contribution in [0.15, 0.2) is 0 Å². The van der Waals surface area contributed by atoms with Crippen molar-refractivity contribution in [2.24, 2.45) is 0 Å². The van der Waals surface area contributed by atoms with Gasteiger partial charge < -0.3 is 0 Å². The van der Waals surface area contributed by atoms with Gasteiger partial charge in [0.15, 0.2) is 0 Å². The van der Waals surface area contributed by atoms with Gasteiger partial charge in [0.1, 0.15) is 0 Å². The lowest BCUT2D eigenvalue weighted by atomic mass is 10.1. The molecule has 2 aliphatic heterocycles. The molecule has 0 N–H and O–H groups in total. The smallest absolute Gasteiger partial charge is 0.0596 e. The number of unbranched alkanes of at least 4 members (excludes halogenated alkanes) is 2. The molecular formula is C19H40N4. The van der Waals surface area contributed by atoms with Gasteiger partial charge in [-0.05, 0) is 81.6 Å². The van der Waals surface area contributed by atoms with Gasteiger partial charge in [-0.1, -0.05) is 6.42 Å². The second-order valence-electron chi connectivity index (χ2n) is 8.09. The van der Waals surface area contributed by atoms with Gasteiger partial charge in [0.2, 0.25) is 0 Å². The Labute approximate surface area is 144 Å². The van der Waals surface area contributed by atoms with Crippen molar-refractivity contribution in [3.63, 3.8) is 0 Å². The molecule has 2 fully saturated rings. The number of likely N-dealkylation sites (N-methyl/N-ethyl adjacent to an activating group) is 2. The van der Waals surface area contributed by atoms with Crippen LogP contribution in [-0.4, -0.2) is 83.3 Å². The van der Waals surface area contributed by atoms with Crippen molar-refractivity contribution in [2.75, 3.05) is 27.2 Å². The van der Waals surface area contributed by atoms with Crippen molar-refractivity contribution < 1.29 is 0 Å². The summed E-state index contributed by atoms with van der Waals surface area (Å²) in [6.45, 7) is 16.7. The molecule has 2 saturated heterocycles. The summed E-state index contributed by atoms with van der Waals surface area (Å²) in [5.41, 5.74) is 0. The van der Waals surface area contributed by atoms with Crippen LogP contribution in [0.3, 0.4) is 0 Å². The Hall–Kier alpha value is -0.160. The van der Waals surface area contributed by atoms with E-state index in [1.165, 1.54) is 32.4 Å². The van der Waals surface area contributed by atoms with E-state index in [1.54, 1.807) is 0 Å². The standard InChI is InChI=1S/C19H40N4/c1-14-16(3)22(18(5)20(14)7)12-10-9-11-13-23-17(4)15(2)21(8)19(23)6/h14-19H,9-13H2,1-8H3. The molecule has 0 aromatic rings. The fraction of sp³-hybridized carbons (Fsp3) is 1.00. The first-order valence-corrected chi connectivity index (χ1v) is 9.72. The average Bonchev–Trinajstić information content (AvgIpc) is 2.83. The maximum absolute atomic E-state index is 2.68. The zero-order valence-corrected chi connectivity index (χ0v) is 16.8. The van der Waals surface area contributed by atoms with Crippen LogP contribution >= 0.6 is 0 Å². The van der Waals surface area contributed by atoms with Gasteiger partial charge >= 0.3 is 0 Å². The topological polar surface area (TPSA) is 13.0 Å². The third-order valence-electron chi connectivity index (χ3n) is 7.20. The molecule has 0 aromatic heterocycles. The average molecular weight is 325 g/mol. The maximum atomic E-state index is 2.68. The molecule has 136 valence electrons. The Bertz CT molecular complexity index is 312. The molecule has 4 nitrogen and oxygen atoms in total. The zero-order valence-electron chi connectivity index (χ0n) is 16.8. The second-order valence-corrected chi connectivity index (χ2v) is 8.09. The predicted molar refractivity (Wildman–Crippen MR) is 99.6 cm³/mol. The van der Waals surface area contributed by atoms with E-state index in [-0.39, 0.29) is 0 Å². The first kappa shape index (κ1) is 19.2. The van der Waals surface area contributed by atoms with E-state index >= 15 is 0 Å². The lowest BCUT2D eigenvalue weighted by Gasteiger charge is -2.28. The molecular weight excluding hydrogens is 284 g/mol. The van der Waals surface area contributed by atoms with Crippen LogP contribution in [-0.2, 0) is 0 Å². The largest absolute Gasteiger partial charge is 0.287 e. The third kappa shape index (κ3) is 3.76. The van der Waals surface area contributed by atoms with Crippen molar-refractivity contribution in [1.29, 1.82) is 0 Å². The molecule has 0 bridgehead atoms. The number of nitrogens with zero attached hydrogens (tertiary/aromatic N) is 4. The minimum absolute atomic E-state index is 0.591. The molecule has 0 saturated carbocycles. The van der Waals surface area contributed by atoms with Crippen LogP contribution in [0.4, 0.5) is 0 Å². The molecule has 2 rings (SSSR count). The number of rotatable bonds is 6. The van der Waals surface area contributed by atoms with E-state index in [9.17, 15) is 0 Å². The molecule has 6 unspecified atom stereocenters. The van der Waals surface area contributed by atoms with Gasteiger partial charge in [0, 0.05) is 24.2 Å². The van der Waals surface area contributed by atoms with Gasteiger partial charge in [-0.25, -0.2) is 0 Å². The second kappa shape index (κ2) is 7.81. The summed E-state index contributed by atoms with van der Waals surface area (Å²) in [4.78, 5) is 10.4. The molecule has 0 aromatic carbocycles. The highest BCUT2D eigenvalue weighted by molar-refractivity contribution is 4.91. The SMILES string of the molecule is CC1C(C)N(CCCCCN2C(C)C(C)N(C)C2C)C(C)N1C. The van der Waals surface area contributed by atoms with E-state index in [0.29, 0.717) is 36.5 Å². The molecule has 2 aliphatic rings. The third-order valence-corrected chi connectivity index (χ3v) is 7.20. The summed E-state index contributed by atoms with van der Waals surface area (Å²) in [7, 11) is 4.53. The van der Waals surface area contributed by atoms with Gasteiger partial charge in [-0.15, -0.1) is 0 Å². The molecule has 2 heterocycles. The summed E-state index contributed by atoms with van der Waals surface area (Å²) in [5, 5.41) is 0. The first-order chi connectivity index (χ1) is 10.8. The van der Waals surface area contributed by atoms with Gasteiger partial charge in [0.25, 0.3) is 0 Å². The van der Waals surface area contributed by atoms with Crippen molar-refractivity contribution >= 4 is 0 Å². The molecule has 6 atom stereocenters. The van der Waals surface area contributed by atoms with Crippen LogP contribution in [0.2, 0.25) is 0 Å². The highest BCUT2D eigenvalue weighted by Crippen LogP contribution is 2.26. The zero-order chi connectivity index (χ0) is 17.3. The van der Waals surface area contributed by atoms with Crippen molar-refractivity contribution in [2.45, 2.75) is 97.3 Å². The maximum Gasteiger partial charge on any atom is 0.0596 e. The Balaban J connectivity index is 1.69. The summed E-state index contributed by atoms with van der Waals surface area (Å²) in [5.74, 6) is 0. The van der Waals surface area contributed by atoms with Crippen LogP contribution in [0.5, 0.6) is 0 Å². The van der Waals surface area contributed by atoms with E-state index in [0.717, 1.165) is 0 Å². The van der Waals surface area contributed by atoms with E-state index < -0.39 is 0 Å². The monoisotopic (exact) mass is 324 g/mol. The quantitative estimate of drug-likeness (QED) is 0.697. The van der Waals surface area contributed by atoms with E-state index in [4.69, 9.17) is 0 Å². The summed E-state index contributed by atoms with van der Waals surface area (Å²) < 4.78 is 0. The van der Waals surface area contributed by atoms with E-state index in [1.807, 2.05) is 0 Å². The molecule has 23 heavy (non-hydrogen) atoms. The summed E-state index contributed by atoms with van der Waals surface area (Å²) >= 11 is 0. The minimum Gasteiger partial charge on any atom is -0.287 e. The molecule has 0 amide bonds. The van der Waals surface area contributed by atoms with Crippen LogP contribution in [0.25, 0.3) is 0 Å². The minimum atomic E-state index is 0.591. The van der Waals surface area contributed by atoms with Crippen molar-refractivity contribution in [1.82, 2.24) is 19.6 Å². The Kier molecular flexibility index (Phi) is 6.51. The fourth-order valence-corrected chi connectivity index (χ4v) is 4.61. The lowest BCUT2D eigenvalue weighted by molar-refractivity contribution is 0.143. The highest BCUT2D eigenvalue weighted by Gasteiger charge is 2.38. The predicted octanol–water partition coefficient (Wildman–Crippen LogP) is 2.90. The van der Waals surface area contributed by atoms with Gasteiger partial charge in [0.05, 0.1) is 12.3 Å². The lowest BCUT2D eigenvalue weighted by Crippen LogP contribution is -2.38.